The van der Waals surface area contributed by atoms with Crippen LogP contribution in [0.3, 0.4) is 0 Å². The summed E-state index contributed by atoms with van der Waals surface area (Å²) in [5, 5.41) is 1.21. The third kappa shape index (κ3) is 4.22. The summed E-state index contributed by atoms with van der Waals surface area (Å²) in [7, 11) is 0. The van der Waals surface area contributed by atoms with Gasteiger partial charge < -0.3 is 14.2 Å². The van der Waals surface area contributed by atoms with Crippen molar-refractivity contribution in [3.05, 3.63) is 44.8 Å². The van der Waals surface area contributed by atoms with E-state index in [-0.39, 0.29) is 6.61 Å². The highest BCUT2D eigenvalue weighted by Crippen LogP contribution is 2.22. The summed E-state index contributed by atoms with van der Waals surface area (Å²) in [6.45, 7) is 6.69. The summed E-state index contributed by atoms with van der Waals surface area (Å²) in [4.78, 5) is 37.6. The number of rotatable bonds is 9. The molecule has 0 N–H and O–H groups in total. The largest absolute Gasteiger partial charge is 0.462 e. The minimum absolute atomic E-state index is 0.289. The summed E-state index contributed by atoms with van der Waals surface area (Å²) >= 11 is 0. The van der Waals surface area contributed by atoms with Crippen LogP contribution in [-0.4, -0.2) is 37.7 Å². The Kier molecular flexibility index (Phi) is 6.87. The zero-order chi connectivity index (χ0) is 21.7. The molecular weight excluding hydrogens is 384 g/mol. The maximum Gasteiger partial charge on any atom is 0.338 e. The smallest absolute Gasteiger partial charge is 0.338 e. The highest BCUT2D eigenvalue weighted by molar-refractivity contribution is 6.18. The van der Waals surface area contributed by atoms with Crippen molar-refractivity contribution in [3.63, 3.8) is 0 Å². The first-order chi connectivity index (χ1) is 14.5. The van der Waals surface area contributed by atoms with Crippen LogP contribution in [0.1, 0.15) is 61.5 Å². The highest BCUT2D eigenvalue weighted by Gasteiger charge is 2.25. The fraction of sp³-hybridized carbons (Fsp3) is 0.375. The van der Waals surface area contributed by atoms with Gasteiger partial charge in [0.2, 0.25) is 0 Å². The summed E-state index contributed by atoms with van der Waals surface area (Å²) in [6.07, 6.45) is 8.97. The maximum atomic E-state index is 12.7. The lowest BCUT2D eigenvalue weighted by molar-refractivity contribution is -0.138. The first-order valence-corrected chi connectivity index (χ1v) is 10.4. The van der Waals surface area contributed by atoms with E-state index in [2.05, 4.69) is 0 Å². The van der Waals surface area contributed by atoms with Crippen LogP contribution in [-0.2, 0) is 23.8 Å². The average Bonchev–Trinajstić information content (AvgIpc) is 3.37. The van der Waals surface area contributed by atoms with Gasteiger partial charge in [0.25, 0.3) is 0 Å². The van der Waals surface area contributed by atoms with Crippen LogP contribution in [0.4, 0.5) is 0 Å². The molecule has 3 rings (SSSR count). The number of benzene rings is 1. The molecule has 0 aliphatic heterocycles. The molecule has 0 heterocycles. The molecule has 0 unspecified atom stereocenters. The molecule has 0 radical (unpaired) electrons. The third-order valence-corrected chi connectivity index (χ3v) is 4.74. The van der Waals surface area contributed by atoms with Crippen LogP contribution >= 0.6 is 0 Å². The quantitative estimate of drug-likeness (QED) is 0.460. The van der Waals surface area contributed by atoms with Gasteiger partial charge in [-0.1, -0.05) is 26.8 Å². The number of fused-ring (bicyclic) bond motifs is 3. The van der Waals surface area contributed by atoms with Crippen LogP contribution in [0.25, 0.3) is 23.8 Å². The number of ether oxygens (including phenoxy) is 3. The molecule has 0 bridgehead atoms. The molecule has 0 saturated heterocycles. The molecule has 0 amide bonds. The lowest BCUT2D eigenvalue weighted by Crippen LogP contribution is -2.27. The predicted molar refractivity (Wildman–Crippen MR) is 114 cm³/mol. The second kappa shape index (κ2) is 9.57. The predicted octanol–water partition coefficient (Wildman–Crippen LogP) is 2.51. The molecule has 1 aromatic rings. The zero-order valence-electron chi connectivity index (χ0n) is 17.6. The van der Waals surface area contributed by atoms with Crippen molar-refractivity contribution in [1.82, 2.24) is 0 Å². The summed E-state index contributed by atoms with van der Waals surface area (Å²) < 4.78 is 15.9. The normalized spacial score (nSPS) is 13.3. The fourth-order valence-corrected chi connectivity index (χ4v) is 3.35. The molecular formula is C24H26O6. The summed E-state index contributed by atoms with van der Waals surface area (Å²) in [6, 6.07) is 1.65. The van der Waals surface area contributed by atoms with E-state index in [0.717, 1.165) is 18.4 Å². The zero-order valence-corrected chi connectivity index (χ0v) is 17.6. The van der Waals surface area contributed by atoms with Gasteiger partial charge in [-0.25, -0.2) is 14.4 Å². The molecule has 6 heteroatoms. The Morgan fingerprint density at radius 1 is 0.733 bits per heavy atom. The Morgan fingerprint density at radius 2 is 1.33 bits per heavy atom. The van der Waals surface area contributed by atoms with Crippen molar-refractivity contribution in [2.24, 2.45) is 0 Å². The van der Waals surface area contributed by atoms with E-state index in [0.29, 0.717) is 52.3 Å². The Morgan fingerprint density at radius 3 is 1.97 bits per heavy atom. The van der Waals surface area contributed by atoms with Gasteiger partial charge in [0, 0.05) is 0 Å². The van der Waals surface area contributed by atoms with Crippen molar-refractivity contribution in [1.29, 1.82) is 0 Å². The Bertz CT molecular complexity index is 1060. The first kappa shape index (κ1) is 21.6. The molecule has 0 atom stereocenters. The van der Waals surface area contributed by atoms with Gasteiger partial charge in [-0.15, -0.1) is 0 Å². The fourth-order valence-electron chi connectivity index (χ4n) is 3.35. The van der Waals surface area contributed by atoms with Gasteiger partial charge >= 0.3 is 17.9 Å². The van der Waals surface area contributed by atoms with Crippen LogP contribution in [0, 0.1) is 0 Å². The van der Waals surface area contributed by atoms with Gasteiger partial charge in [-0.2, -0.15) is 0 Å². The standard InChI is InChI=1S/C24H26O6/c1-4-9-28-22(25)15-12-18-16-7-8-17(23(26)29-10-5-2)20(16)14-21(19(18)13-15)24(27)30-11-6-3/h7-8,12-14H,4-6,9-11H2,1-3H3. The average molecular weight is 410 g/mol. The monoisotopic (exact) mass is 410 g/mol. The Hall–Kier alpha value is -3.15. The van der Waals surface area contributed by atoms with E-state index in [1.54, 1.807) is 24.3 Å². The Balaban J connectivity index is 2.13. The summed E-state index contributed by atoms with van der Waals surface area (Å²) in [5.41, 5.74) is 2.55. The SMILES string of the molecule is CCCOC(=O)C1=Cc2c3c(cc(C(=O)OCCC)c2=C1)=C(C(=O)OCCC)C=C3. The molecule has 0 spiro atoms. The van der Waals surface area contributed by atoms with Gasteiger partial charge in [0.15, 0.2) is 0 Å². The molecule has 2 aliphatic rings. The third-order valence-electron chi connectivity index (χ3n) is 4.74. The second-order valence-corrected chi connectivity index (χ2v) is 7.11. The van der Waals surface area contributed by atoms with E-state index in [1.807, 2.05) is 26.8 Å². The van der Waals surface area contributed by atoms with E-state index in [4.69, 9.17) is 14.2 Å². The van der Waals surface area contributed by atoms with E-state index >= 15 is 0 Å². The van der Waals surface area contributed by atoms with Crippen molar-refractivity contribution in [2.75, 3.05) is 19.8 Å². The number of esters is 3. The number of hydrogen-bond donors (Lipinski definition) is 0. The molecule has 30 heavy (non-hydrogen) atoms. The van der Waals surface area contributed by atoms with E-state index in [1.165, 1.54) is 0 Å². The maximum absolute atomic E-state index is 12.7. The van der Waals surface area contributed by atoms with Crippen LogP contribution in [0.5, 0.6) is 0 Å². The Labute approximate surface area is 175 Å². The van der Waals surface area contributed by atoms with Gasteiger partial charge in [0.1, 0.15) is 0 Å². The molecule has 2 aliphatic carbocycles. The molecule has 0 aromatic heterocycles. The van der Waals surface area contributed by atoms with Crippen LogP contribution in [0.15, 0.2) is 17.7 Å². The highest BCUT2D eigenvalue weighted by atomic mass is 16.5. The molecule has 6 nitrogen and oxygen atoms in total. The first-order valence-electron chi connectivity index (χ1n) is 10.4. The van der Waals surface area contributed by atoms with Gasteiger partial charge in [-0.3, -0.25) is 0 Å². The molecule has 1 aromatic carbocycles. The lowest BCUT2D eigenvalue weighted by Gasteiger charge is -2.08. The second-order valence-electron chi connectivity index (χ2n) is 7.11. The lowest BCUT2D eigenvalue weighted by atomic mass is 10.00. The molecule has 158 valence electrons. The van der Waals surface area contributed by atoms with Gasteiger partial charge in [-0.05, 0) is 65.1 Å². The molecule has 0 fully saturated rings. The van der Waals surface area contributed by atoms with Gasteiger partial charge in [0.05, 0.1) is 36.5 Å². The minimum atomic E-state index is -0.489. The van der Waals surface area contributed by atoms with Crippen molar-refractivity contribution in [3.8, 4) is 0 Å². The van der Waals surface area contributed by atoms with Crippen molar-refractivity contribution >= 4 is 41.7 Å². The number of carbonyl (C=O) groups is 3. The minimum Gasteiger partial charge on any atom is -0.462 e. The number of hydrogen-bond acceptors (Lipinski definition) is 6. The topological polar surface area (TPSA) is 78.9 Å². The van der Waals surface area contributed by atoms with E-state index in [9.17, 15) is 14.4 Å². The van der Waals surface area contributed by atoms with Crippen LogP contribution < -0.4 is 10.4 Å². The van der Waals surface area contributed by atoms with Crippen molar-refractivity contribution < 1.29 is 28.6 Å². The summed E-state index contributed by atoms with van der Waals surface area (Å²) in [5.74, 6) is -1.37. The van der Waals surface area contributed by atoms with E-state index < -0.39 is 17.9 Å². The number of carbonyl (C=O) groups excluding carboxylic acids is 3. The van der Waals surface area contributed by atoms with Crippen LogP contribution in [0.2, 0.25) is 0 Å². The van der Waals surface area contributed by atoms with Crippen molar-refractivity contribution in [2.45, 2.75) is 40.0 Å². The molecule has 0 saturated carbocycles.